The fourth-order valence-corrected chi connectivity index (χ4v) is 4.18. The number of fused-ring (bicyclic) bond motifs is 1. The number of hydrogen-bond donors (Lipinski definition) is 1. The van der Waals surface area contributed by atoms with Gasteiger partial charge in [-0.1, -0.05) is 18.2 Å². The summed E-state index contributed by atoms with van der Waals surface area (Å²) < 4.78 is 6.88. The Hall–Kier alpha value is -3.26. The summed E-state index contributed by atoms with van der Waals surface area (Å²) in [4.78, 5) is 11.7. The number of anilines is 1. The van der Waals surface area contributed by atoms with Gasteiger partial charge in [0.1, 0.15) is 5.52 Å². The van der Waals surface area contributed by atoms with Crippen LogP contribution >= 0.6 is 0 Å². The van der Waals surface area contributed by atoms with Gasteiger partial charge in [0.05, 0.1) is 11.7 Å². The smallest absolute Gasteiger partial charge is 0.199 e. The van der Waals surface area contributed by atoms with E-state index in [1.165, 1.54) is 31.5 Å². The average Bonchev–Trinajstić information content (AvgIpc) is 3.47. The van der Waals surface area contributed by atoms with Crippen molar-refractivity contribution in [1.29, 1.82) is 0 Å². The van der Waals surface area contributed by atoms with E-state index < -0.39 is 0 Å². The fourth-order valence-electron chi connectivity index (χ4n) is 4.18. The van der Waals surface area contributed by atoms with E-state index in [0.717, 1.165) is 28.7 Å². The van der Waals surface area contributed by atoms with E-state index in [4.69, 9.17) is 15.3 Å². The second-order valence-corrected chi connectivity index (χ2v) is 7.42. The first-order valence-electron chi connectivity index (χ1n) is 9.99. The molecular weight excluding hydrogens is 366 g/mol. The number of imidazole rings is 1. The maximum Gasteiger partial charge on any atom is 0.199 e. The molecule has 1 aliphatic rings. The predicted octanol–water partition coefficient (Wildman–Crippen LogP) is 3.35. The van der Waals surface area contributed by atoms with Crippen LogP contribution in [0.3, 0.4) is 0 Å². The van der Waals surface area contributed by atoms with Crippen molar-refractivity contribution in [3.05, 3.63) is 42.2 Å². The molecule has 8 heteroatoms. The predicted molar refractivity (Wildman–Crippen MR) is 111 cm³/mol. The van der Waals surface area contributed by atoms with Gasteiger partial charge in [-0.2, -0.15) is 0 Å². The van der Waals surface area contributed by atoms with Gasteiger partial charge < -0.3 is 10.3 Å². The number of hydrogen-bond acceptors (Lipinski definition) is 7. The first-order valence-corrected chi connectivity index (χ1v) is 9.99. The number of nitrogen functional groups attached to an aromatic ring is 1. The SMILES string of the molecule is CCn1c(-c2nonc2N)nc2cncc(-c3cccc(CN4CCCC4)c3)c21. The zero-order valence-corrected chi connectivity index (χ0v) is 16.4. The molecule has 0 radical (unpaired) electrons. The summed E-state index contributed by atoms with van der Waals surface area (Å²) in [5.74, 6) is 0.876. The van der Waals surface area contributed by atoms with E-state index in [1.54, 1.807) is 6.20 Å². The molecule has 4 heterocycles. The molecule has 1 fully saturated rings. The normalized spacial score (nSPS) is 14.8. The van der Waals surface area contributed by atoms with Crippen LogP contribution in [-0.2, 0) is 13.1 Å². The minimum absolute atomic E-state index is 0.233. The second-order valence-electron chi connectivity index (χ2n) is 7.42. The van der Waals surface area contributed by atoms with Gasteiger partial charge in [-0.05, 0) is 60.4 Å². The van der Waals surface area contributed by atoms with E-state index in [0.29, 0.717) is 18.1 Å². The molecule has 5 rings (SSSR count). The van der Waals surface area contributed by atoms with Crippen molar-refractivity contribution >= 4 is 16.9 Å². The van der Waals surface area contributed by atoms with Crippen LogP contribution in [0.15, 0.2) is 41.3 Å². The van der Waals surface area contributed by atoms with Gasteiger partial charge in [0.2, 0.25) is 0 Å². The Morgan fingerprint density at radius 1 is 1.14 bits per heavy atom. The molecular formula is C21H23N7O. The minimum atomic E-state index is 0.233. The Kier molecular flexibility index (Phi) is 4.48. The molecule has 29 heavy (non-hydrogen) atoms. The van der Waals surface area contributed by atoms with Crippen molar-refractivity contribution in [3.63, 3.8) is 0 Å². The lowest BCUT2D eigenvalue weighted by Gasteiger charge is -2.15. The number of nitrogens with zero attached hydrogens (tertiary/aromatic N) is 6. The molecule has 0 aliphatic carbocycles. The van der Waals surface area contributed by atoms with Crippen molar-refractivity contribution in [2.24, 2.45) is 0 Å². The number of aryl methyl sites for hydroxylation is 1. The maximum absolute atomic E-state index is 5.92. The highest BCUT2D eigenvalue weighted by Gasteiger charge is 2.21. The summed E-state index contributed by atoms with van der Waals surface area (Å²) in [6.45, 7) is 6.13. The molecule has 0 unspecified atom stereocenters. The van der Waals surface area contributed by atoms with Gasteiger partial charge in [0, 0.05) is 24.8 Å². The van der Waals surface area contributed by atoms with Crippen molar-refractivity contribution in [1.82, 2.24) is 29.7 Å². The summed E-state index contributed by atoms with van der Waals surface area (Å²) in [5.41, 5.74) is 11.7. The lowest BCUT2D eigenvalue weighted by Crippen LogP contribution is -2.18. The van der Waals surface area contributed by atoms with E-state index >= 15 is 0 Å². The van der Waals surface area contributed by atoms with Crippen LogP contribution in [0, 0.1) is 0 Å². The summed E-state index contributed by atoms with van der Waals surface area (Å²) in [7, 11) is 0. The average molecular weight is 389 g/mol. The highest BCUT2D eigenvalue weighted by molar-refractivity contribution is 5.94. The Balaban J connectivity index is 1.62. The molecule has 4 aromatic rings. The third kappa shape index (κ3) is 3.15. The Morgan fingerprint density at radius 3 is 2.76 bits per heavy atom. The largest absolute Gasteiger partial charge is 0.379 e. The highest BCUT2D eigenvalue weighted by Crippen LogP contribution is 2.33. The Bertz CT molecular complexity index is 1160. The van der Waals surface area contributed by atoms with Gasteiger partial charge in [0.25, 0.3) is 0 Å². The van der Waals surface area contributed by atoms with Crippen molar-refractivity contribution in [2.45, 2.75) is 32.9 Å². The summed E-state index contributed by atoms with van der Waals surface area (Å²) in [6, 6.07) is 8.70. The molecule has 0 saturated carbocycles. The zero-order chi connectivity index (χ0) is 19.8. The van der Waals surface area contributed by atoms with Crippen LogP contribution in [0.1, 0.15) is 25.3 Å². The number of pyridine rings is 1. The first-order chi connectivity index (χ1) is 14.2. The van der Waals surface area contributed by atoms with Crippen molar-refractivity contribution in [3.8, 4) is 22.6 Å². The van der Waals surface area contributed by atoms with Crippen LogP contribution in [-0.4, -0.2) is 42.8 Å². The third-order valence-electron chi connectivity index (χ3n) is 5.53. The van der Waals surface area contributed by atoms with Crippen LogP contribution in [0.5, 0.6) is 0 Å². The molecule has 148 valence electrons. The summed E-state index contributed by atoms with van der Waals surface area (Å²) in [6.07, 6.45) is 6.26. The monoisotopic (exact) mass is 389 g/mol. The lowest BCUT2D eigenvalue weighted by atomic mass is 10.0. The standard InChI is InChI=1S/C21H23N7O/c1-2-28-19-16(15-7-5-6-14(10-15)13-27-8-3-4-9-27)11-23-12-17(19)24-21(28)18-20(22)26-29-25-18/h5-7,10-12H,2-4,8-9,13H2,1H3,(H2,22,26). The highest BCUT2D eigenvalue weighted by atomic mass is 16.6. The minimum Gasteiger partial charge on any atom is -0.379 e. The molecule has 1 aliphatic heterocycles. The summed E-state index contributed by atoms with van der Waals surface area (Å²) in [5, 5.41) is 7.64. The van der Waals surface area contributed by atoms with E-state index in [1.807, 2.05) is 6.20 Å². The molecule has 2 N–H and O–H groups in total. The first kappa shape index (κ1) is 17.8. The number of likely N-dealkylation sites (tertiary alicyclic amines) is 1. The van der Waals surface area contributed by atoms with Crippen LogP contribution in [0.2, 0.25) is 0 Å². The molecule has 8 nitrogen and oxygen atoms in total. The topological polar surface area (TPSA) is 98.9 Å². The van der Waals surface area contributed by atoms with Crippen LogP contribution in [0.25, 0.3) is 33.7 Å². The van der Waals surface area contributed by atoms with E-state index in [9.17, 15) is 0 Å². The van der Waals surface area contributed by atoms with E-state index in [-0.39, 0.29) is 5.82 Å². The number of aromatic nitrogens is 5. The van der Waals surface area contributed by atoms with Gasteiger partial charge in [-0.25, -0.2) is 9.61 Å². The third-order valence-corrected chi connectivity index (χ3v) is 5.53. The molecule has 0 spiro atoms. The van der Waals surface area contributed by atoms with Crippen LogP contribution in [0.4, 0.5) is 5.82 Å². The Morgan fingerprint density at radius 2 is 2.00 bits per heavy atom. The lowest BCUT2D eigenvalue weighted by molar-refractivity contribution is 0.310. The summed E-state index contributed by atoms with van der Waals surface area (Å²) >= 11 is 0. The van der Waals surface area contributed by atoms with Gasteiger partial charge in [0.15, 0.2) is 17.3 Å². The molecule has 3 aromatic heterocycles. The second kappa shape index (κ2) is 7.29. The fraction of sp³-hybridized carbons (Fsp3) is 0.333. The number of benzene rings is 1. The molecule has 0 amide bonds. The molecule has 0 bridgehead atoms. The number of rotatable bonds is 5. The van der Waals surface area contributed by atoms with Crippen molar-refractivity contribution in [2.75, 3.05) is 18.8 Å². The van der Waals surface area contributed by atoms with Gasteiger partial charge in [-0.15, -0.1) is 0 Å². The molecule has 1 aromatic carbocycles. The van der Waals surface area contributed by atoms with Crippen LogP contribution < -0.4 is 5.73 Å². The Labute approximate surface area is 168 Å². The zero-order valence-electron chi connectivity index (χ0n) is 16.4. The van der Waals surface area contributed by atoms with Crippen molar-refractivity contribution < 1.29 is 4.63 Å². The van der Waals surface area contributed by atoms with Gasteiger partial charge in [-0.3, -0.25) is 9.88 Å². The molecule has 0 atom stereocenters. The quantitative estimate of drug-likeness (QED) is 0.559. The molecule has 1 saturated heterocycles. The van der Waals surface area contributed by atoms with Gasteiger partial charge >= 0.3 is 0 Å². The number of nitrogens with two attached hydrogens (primary N) is 1. The van der Waals surface area contributed by atoms with E-state index in [2.05, 4.69) is 56.0 Å². The maximum atomic E-state index is 5.92.